The van der Waals surface area contributed by atoms with Gasteiger partial charge in [0, 0.05) is 7.05 Å². The number of aryl methyl sites for hydroxylation is 1. The maximum atomic E-state index is 12.9. The highest BCUT2D eigenvalue weighted by Crippen LogP contribution is 2.28. The first-order chi connectivity index (χ1) is 12.1. The lowest BCUT2D eigenvalue weighted by Gasteiger charge is -2.24. The molecule has 0 radical (unpaired) electrons. The van der Waals surface area contributed by atoms with Crippen LogP contribution in [-0.4, -0.2) is 47.5 Å². The topological polar surface area (TPSA) is 106 Å². The quantitative estimate of drug-likeness (QED) is 0.846. The molecule has 0 spiro atoms. The SMILES string of the molecule is Cc1c(C2=NCCO2)sc2[nH]c(=O)n(N(C)C(=O)OC(C)(C)C)c(=O)c12. The van der Waals surface area contributed by atoms with E-state index in [2.05, 4.69) is 9.98 Å². The van der Waals surface area contributed by atoms with Crippen LogP contribution in [0.15, 0.2) is 14.6 Å². The van der Waals surface area contributed by atoms with Crippen LogP contribution in [0.5, 0.6) is 0 Å². The van der Waals surface area contributed by atoms with Gasteiger partial charge in [0.1, 0.15) is 17.0 Å². The summed E-state index contributed by atoms with van der Waals surface area (Å²) in [7, 11) is 1.31. The van der Waals surface area contributed by atoms with Crippen molar-refractivity contribution in [1.82, 2.24) is 9.66 Å². The highest BCUT2D eigenvalue weighted by Gasteiger charge is 2.26. The smallest absolute Gasteiger partial charge is 0.429 e. The van der Waals surface area contributed by atoms with Gasteiger partial charge in [0.2, 0.25) is 5.90 Å². The second-order valence-corrected chi connectivity index (χ2v) is 7.87. The third kappa shape index (κ3) is 3.12. The zero-order valence-corrected chi connectivity index (χ0v) is 16.0. The van der Waals surface area contributed by atoms with Gasteiger partial charge in [-0.1, -0.05) is 0 Å². The first kappa shape index (κ1) is 18.2. The third-order valence-corrected chi connectivity index (χ3v) is 4.90. The van der Waals surface area contributed by atoms with E-state index in [0.29, 0.717) is 39.7 Å². The summed E-state index contributed by atoms with van der Waals surface area (Å²) in [6, 6.07) is 0. The van der Waals surface area contributed by atoms with Crippen LogP contribution in [0.2, 0.25) is 0 Å². The van der Waals surface area contributed by atoms with E-state index in [9.17, 15) is 14.4 Å². The molecule has 1 aliphatic rings. The van der Waals surface area contributed by atoms with Gasteiger partial charge in [-0.3, -0.25) is 9.78 Å². The number of hydrogen-bond donors (Lipinski definition) is 1. The van der Waals surface area contributed by atoms with Gasteiger partial charge in [-0.25, -0.2) is 19.6 Å². The minimum absolute atomic E-state index is 0.318. The van der Waals surface area contributed by atoms with Crippen molar-refractivity contribution in [1.29, 1.82) is 0 Å². The molecule has 0 atom stereocenters. The normalized spacial score (nSPS) is 14.3. The number of hydrogen-bond acceptors (Lipinski definition) is 7. The van der Waals surface area contributed by atoms with Gasteiger partial charge in [-0.2, -0.15) is 4.68 Å². The number of thiophene rings is 1. The predicted molar refractivity (Wildman–Crippen MR) is 99.2 cm³/mol. The Hall–Kier alpha value is -2.62. The fourth-order valence-corrected chi connectivity index (χ4v) is 3.72. The predicted octanol–water partition coefficient (Wildman–Crippen LogP) is 1.34. The fourth-order valence-electron chi connectivity index (χ4n) is 2.57. The molecular formula is C16H20N4O5S. The fraction of sp³-hybridized carbons (Fsp3) is 0.500. The molecule has 3 rings (SSSR count). The molecule has 2 aromatic heterocycles. The van der Waals surface area contributed by atoms with E-state index in [-0.39, 0.29) is 0 Å². The van der Waals surface area contributed by atoms with Gasteiger partial charge in [0.05, 0.1) is 16.8 Å². The van der Waals surface area contributed by atoms with E-state index in [1.165, 1.54) is 18.4 Å². The summed E-state index contributed by atoms with van der Waals surface area (Å²) in [5.74, 6) is 0.469. The Kier molecular flexibility index (Phi) is 4.39. The van der Waals surface area contributed by atoms with E-state index in [1.807, 2.05) is 0 Å². The molecule has 10 heteroatoms. The molecule has 0 unspecified atom stereocenters. The summed E-state index contributed by atoms with van der Waals surface area (Å²) in [6.07, 6.45) is -0.805. The highest BCUT2D eigenvalue weighted by atomic mass is 32.1. The molecule has 0 aliphatic carbocycles. The molecule has 140 valence electrons. The average molecular weight is 380 g/mol. The Morgan fingerprint density at radius 3 is 2.65 bits per heavy atom. The number of carbonyl (C=O) groups excluding carboxylic acids is 1. The Morgan fingerprint density at radius 1 is 1.38 bits per heavy atom. The Bertz CT molecular complexity index is 1020. The summed E-state index contributed by atoms with van der Waals surface area (Å²) in [4.78, 5) is 45.6. The standard InChI is InChI=1S/C16H20N4O5S/c1-8-9-12(26-10(8)11-17-6-7-24-11)18-14(22)20(13(9)21)19(5)15(23)25-16(2,3)4/h6-7H2,1-5H3,(H,18,22). The van der Waals surface area contributed by atoms with Crippen LogP contribution >= 0.6 is 11.3 Å². The molecule has 2 aromatic rings. The minimum Gasteiger partial charge on any atom is -0.475 e. The summed E-state index contributed by atoms with van der Waals surface area (Å²) in [6.45, 7) is 7.91. The molecule has 9 nitrogen and oxygen atoms in total. The van der Waals surface area contributed by atoms with Crippen molar-refractivity contribution in [3.63, 3.8) is 0 Å². The number of nitrogens with one attached hydrogen (secondary N) is 1. The van der Waals surface area contributed by atoms with Gasteiger partial charge in [0.15, 0.2) is 0 Å². The monoisotopic (exact) mass is 380 g/mol. The molecule has 1 aliphatic heterocycles. The van der Waals surface area contributed by atoms with Crippen molar-refractivity contribution < 1.29 is 14.3 Å². The van der Waals surface area contributed by atoms with Gasteiger partial charge in [-0.15, -0.1) is 11.3 Å². The number of ether oxygens (including phenoxy) is 2. The molecule has 0 aromatic carbocycles. The number of nitrogens with zero attached hydrogens (tertiary/aromatic N) is 3. The molecule has 3 heterocycles. The minimum atomic E-state index is -0.805. The van der Waals surface area contributed by atoms with Gasteiger partial charge in [0.25, 0.3) is 5.56 Å². The number of rotatable bonds is 2. The maximum absolute atomic E-state index is 12.9. The number of carbonyl (C=O) groups is 1. The molecule has 0 bridgehead atoms. The number of fused-ring (bicyclic) bond motifs is 1. The number of H-pyrrole nitrogens is 1. The van der Waals surface area contributed by atoms with Crippen molar-refractivity contribution in [2.75, 3.05) is 25.2 Å². The number of aliphatic imine (C=N–C) groups is 1. The molecule has 1 N–H and O–H groups in total. The van der Waals surface area contributed by atoms with E-state index < -0.39 is 22.9 Å². The summed E-state index contributed by atoms with van der Waals surface area (Å²) in [5.41, 5.74) is -1.43. The lowest BCUT2D eigenvalue weighted by atomic mass is 10.2. The van der Waals surface area contributed by atoms with Crippen LogP contribution in [0.3, 0.4) is 0 Å². The van der Waals surface area contributed by atoms with Crippen LogP contribution in [0, 0.1) is 6.92 Å². The van der Waals surface area contributed by atoms with E-state index in [0.717, 1.165) is 9.69 Å². The molecule has 1 amide bonds. The molecule has 0 saturated heterocycles. The van der Waals surface area contributed by atoms with Crippen molar-refractivity contribution >= 4 is 33.5 Å². The van der Waals surface area contributed by atoms with Gasteiger partial charge >= 0.3 is 11.8 Å². The zero-order valence-electron chi connectivity index (χ0n) is 15.2. The maximum Gasteiger partial charge on any atom is 0.429 e. The average Bonchev–Trinajstić information content (AvgIpc) is 3.13. The van der Waals surface area contributed by atoms with Crippen LogP contribution in [-0.2, 0) is 9.47 Å². The van der Waals surface area contributed by atoms with E-state index in [4.69, 9.17) is 9.47 Å². The molecule has 0 saturated carbocycles. The Balaban J connectivity index is 2.13. The molecular weight excluding hydrogens is 360 g/mol. The second kappa shape index (κ2) is 6.27. The van der Waals surface area contributed by atoms with Crippen molar-refractivity contribution in [3.05, 3.63) is 31.3 Å². The van der Waals surface area contributed by atoms with Crippen LogP contribution < -0.4 is 16.3 Å². The number of aromatic amines is 1. The Labute approximate surface area is 152 Å². The largest absolute Gasteiger partial charge is 0.475 e. The molecule has 0 fully saturated rings. The van der Waals surface area contributed by atoms with Gasteiger partial charge < -0.3 is 9.47 Å². The van der Waals surface area contributed by atoms with Crippen LogP contribution in [0.4, 0.5) is 4.79 Å². The number of amides is 1. The number of aromatic nitrogens is 2. The lowest BCUT2D eigenvalue weighted by Crippen LogP contribution is -2.52. The van der Waals surface area contributed by atoms with Crippen LogP contribution in [0.25, 0.3) is 10.2 Å². The van der Waals surface area contributed by atoms with E-state index in [1.54, 1.807) is 27.7 Å². The zero-order chi connectivity index (χ0) is 19.2. The van der Waals surface area contributed by atoms with Gasteiger partial charge in [-0.05, 0) is 33.3 Å². The van der Waals surface area contributed by atoms with Crippen molar-refractivity contribution in [2.24, 2.45) is 4.99 Å². The first-order valence-corrected chi connectivity index (χ1v) is 8.85. The lowest BCUT2D eigenvalue weighted by molar-refractivity contribution is 0.0546. The van der Waals surface area contributed by atoms with Crippen LogP contribution in [0.1, 0.15) is 31.2 Å². The highest BCUT2D eigenvalue weighted by molar-refractivity contribution is 7.20. The summed E-state index contributed by atoms with van der Waals surface area (Å²) in [5, 5.41) is 1.19. The first-order valence-electron chi connectivity index (χ1n) is 8.03. The molecule has 26 heavy (non-hydrogen) atoms. The summed E-state index contributed by atoms with van der Waals surface area (Å²) < 4.78 is 11.4. The van der Waals surface area contributed by atoms with E-state index >= 15 is 0 Å². The second-order valence-electron chi connectivity index (χ2n) is 6.85. The third-order valence-electron chi connectivity index (χ3n) is 3.70. The Morgan fingerprint density at radius 2 is 2.08 bits per heavy atom. The summed E-state index contributed by atoms with van der Waals surface area (Å²) >= 11 is 1.23. The van der Waals surface area contributed by atoms with Crippen molar-refractivity contribution in [3.8, 4) is 0 Å². The van der Waals surface area contributed by atoms with Crippen molar-refractivity contribution in [2.45, 2.75) is 33.3 Å².